The van der Waals surface area contributed by atoms with Crippen molar-refractivity contribution in [2.75, 3.05) is 6.54 Å². The summed E-state index contributed by atoms with van der Waals surface area (Å²) >= 11 is 0. The number of hydrogen-bond acceptors (Lipinski definition) is 2. The first kappa shape index (κ1) is 14.0. The van der Waals surface area contributed by atoms with Crippen molar-refractivity contribution in [3.63, 3.8) is 0 Å². The molecule has 0 spiro atoms. The van der Waals surface area contributed by atoms with Gasteiger partial charge >= 0.3 is 0 Å². The molecule has 0 N–H and O–H groups in total. The molecule has 2 heterocycles. The molecule has 0 radical (unpaired) electrons. The van der Waals surface area contributed by atoms with Crippen LogP contribution >= 0.6 is 0 Å². The standard InChI is InChI=1S/C17H24N2/c1-16(2,3)13-7-8-14(18-11-13)12-9-15(19-10-12)17(4,5)6/h7-9,11H,10H2,1-6H3. The van der Waals surface area contributed by atoms with Gasteiger partial charge in [0.05, 0.1) is 12.2 Å². The molecule has 0 saturated heterocycles. The molecule has 0 unspecified atom stereocenters. The number of nitrogens with zero attached hydrogens (tertiary/aromatic N) is 2. The highest BCUT2D eigenvalue weighted by Gasteiger charge is 2.22. The fourth-order valence-electron chi connectivity index (χ4n) is 2.06. The van der Waals surface area contributed by atoms with Gasteiger partial charge in [0.15, 0.2) is 0 Å². The molecule has 0 atom stereocenters. The van der Waals surface area contributed by atoms with Crippen molar-refractivity contribution in [2.24, 2.45) is 10.4 Å². The van der Waals surface area contributed by atoms with Gasteiger partial charge in [-0.25, -0.2) is 0 Å². The van der Waals surface area contributed by atoms with Crippen molar-refractivity contribution < 1.29 is 0 Å². The van der Waals surface area contributed by atoms with Gasteiger partial charge in [-0.15, -0.1) is 0 Å². The van der Waals surface area contributed by atoms with E-state index in [0.29, 0.717) is 0 Å². The maximum atomic E-state index is 4.62. The summed E-state index contributed by atoms with van der Waals surface area (Å²) in [7, 11) is 0. The van der Waals surface area contributed by atoms with Crippen LogP contribution < -0.4 is 0 Å². The van der Waals surface area contributed by atoms with Crippen LogP contribution in [0.2, 0.25) is 0 Å². The summed E-state index contributed by atoms with van der Waals surface area (Å²) in [4.78, 5) is 9.22. The lowest BCUT2D eigenvalue weighted by atomic mass is 9.88. The molecule has 2 rings (SSSR count). The maximum absolute atomic E-state index is 4.62. The Morgan fingerprint density at radius 2 is 1.63 bits per heavy atom. The van der Waals surface area contributed by atoms with E-state index in [0.717, 1.165) is 12.2 Å². The molecular formula is C17H24N2. The predicted octanol–water partition coefficient (Wildman–Crippen LogP) is 4.26. The Morgan fingerprint density at radius 3 is 2.05 bits per heavy atom. The van der Waals surface area contributed by atoms with E-state index in [1.807, 2.05) is 6.20 Å². The molecule has 0 fully saturated rings. The Balaban J connectivity index is 2.22. The lowest BCUT2D eigenvalue weighted by Crippen LogP contribution is -2.16. The van der Waals surface area contributed by atoms with Crippen molar-refractivity contribution >= 4 is 11.3 Å². The first-order valence-electron chi connectivity index (χ1n) is 6.90. The molecule has 0 amide bonds. The van der Waals surface area contributed by atoms with Crippen molar-refractivity contribution in [3.8, 4) is 0 Å². The summed E-state index contributed by atoms with van der Waals surface area (Å²) < 4.78 is 0. The fraction of sp³-hybridized carbons (Fsp3) is 0.529. The van der Waals surface area contributed by atoms with Gasteiger partial charge in [-0.3, -0.25) is 9.98 Å². The predicted molar refractivity (Wildman–Crippen MR) is 82.7 cm³/mol. The van der Waals surface area contributed by atoms with Crippen LogP contribution in [-0.2, 0) is 5.41 Å². The van der Waals surface area contributed by atoms with E-state index in [4.69, 9.17) is 0 Å². The van der Waals surface area contributed by atoms with Gasteiger partial charge < -0.3 is 0 Å². The van der Waals surface area contributed by atoms with Crippen molar-refractivity contribution in [2.45, 2.75) is 47.0 Å². The highest BCUT2D eigenvalue weighted by Crippen LogP contribution is 2.27. The van der Waals surface area contributed by atoms with Crippen LogP contribution in [0, 0.1) is 5.41 Å². The van der Waals surface area contributed by atoms with Crippen molar-refractivity contribution in [1.29, 1.82) is 0 Å². The molecular weight excluding hydrogens is 232 g/mol. The van der Waals surface area contributed by atoms with E-state index >= 15 is 0 Å². The molecule has 1 aliphatic heterocycles. The van der Waals surface area contributed by atoms with Gasteiger partial charge in [-0.1, -0.05) is 47.6 Å². The van der Waals surface area contributed by atoms with E-state index in [1.165, 1.54) is 16.8 Å². The maximum Gasteiger partial charge on any atom is 0.0681 e. The number of pyridine rings is 1. The summed E-state index contributed by atoms with van der Waals surface area (Å²) in [6.07, 6.45) is 4.18. The number of rotatable bonds is 1. The van der Waals surface area contributed by atoms with Crippen LogP contribution in [0.3, 0.4) is 0 Å². The lowest BCUT2D eigenvalue weighted by Gasteiger charge is -2.18. The van der Waals surface area contributed by atoms with Crippen LogP contribution in [0.15, 0.2) is 29.4 Å². The Bertz CT molecular complexity index is 520. The fourth-order valence-corrected chi connectivity index (χ4v) is 2.06. The van der Waals surface area contributed by atoms with E-state index in [-0.39, 0.29) is 10.8 Å². The topological polar surface area (TPSA) is 25.2 Å². The first-order chi connectivity index (χ1) is 8.68. The average molecular weight is 256 g/mol. The number of hydrogen-bond donors (Lipinski definition) is 0. The zero-order chi connectivity index (χ0) is 14.3. The second-order valence-electron chi connectivity index (χ2n) is 7.30. The molecule has 102 valence electrons. The van der Waals surface area contributed by atoms with Crippen LogP contribution in [-0.4, -0.2) is 17.2 Å². The van der Waals surface area contributed by atoms with Crippen LogP contribution in [0.25, 0.3) is 5.57 Å². The third kappa shape index (κ3) is 3.12. The molecule has 2 heteroatoms. The Kier molecular flexibility index (Phi) is 3.38. The minimum absolute atomic E-state index is 0.118. The molecule has 1 aromatic heterocycles. The minimum Gasteiger partial charge on any atom is -0.284 e. The Morgan fingerprint density at radius 1 is 0.947 bits per heavy atom. The van der Waals surface area contributed by atoms with Crippen molar-refractivity contribution in [1.82, 2.24) is 4.98 Å². The van der Waals surface area contributed by atoms with E-state index in [1.54, 1.807) is 0 Å². The monoisotopic (exact) mass is 256 g/mol. The van der Waals surface area contributed by atoms with E-state index in [2.05, 4.69) is 69.7 Å². The number of allylic oxidation sites excluding steroid dienone is 1. The highest BCUT2D eigenvalue weighted by atomic mass is 14.8. The Hall–Kier alpha value is -1.44. The minimum atomic E-state index is 0.118. The SMILES string of the molecule is CC(C)(C)C1=NCC(c2ccc(C(C)(C)C)cn2)=C1. The zero-order valence-corrected chi connectivity index (χ0v) is 12.9. The third-order valence-electron chi connectivity index (χ3n) is 3.46. The second-order valence-corrected chi connectivity index (χ2v) is 7.30. The number of aromatic nitrogens is 1. The summed E-state index contributed by atoms with van der Waals surface area (Å²) in [6.45, 7) is 14.0. The van der Waals surface area contributed by atoms with Gasteiger partial charge in [-0.05, 0) is 23.1 Å². The van der Waals surface area contributed by atoms with E-state index < -0.39 is 0 Å². The number of aliphatic imine (C=N–C) groups is 1. The molecule has 1 aliphatic rings. The molecule has 0 aromatic carbocycles. The molecule has 2 nitrogen and oxygen atoms in total. The summed E-state index contributed by atoms with van der Waals surface area (Å²) in [5, 5.41) is 0. The average Bonchev–Trinajstić information content (AvgIpc) is 2.77. The van der Waals surface area contributed by atoms with Gasteiger partial charge in [-0.2, -0.15) is 0 Å². The van der Waals surface area contributed by atoms with Crippen molar-refractivity contribution in [3.05, 3.63) is 35.7 Å². The summed E-state index contributed by atoms with van der Waals surface area (Å²) in [5.74, 6) is 0. The molecule has 0 aliphatic carbocycles. The second kappa shape index (κ2) is 4.59. The van der Waals surface area contributed by atoms with Crippen LogP contribution in [0.1, 0.15) is 52.8 Å². The normalized spacial score (nSPS) is 16.3. The largest absolute Gasteiger partial charge is 0.284 e. The Labute approximate surface area is 116 Å². The van der Waals surface area contributed by atoms with Gasteiger partial charge in [0.2, 0.25) is 0 Å². The first-order valence-corrected chi connectivity index (χ1v) is 6.90. The van der Waals surface area contributed by atoms with Gasteiger partial charge in [0.1, 0.15) is 0 Å². The quantitative estimate of drug-likeness (QED) is 0.737. The smallest absolute Gasteiger partial charge is 0.0681 e. The van der Waals surface area contributed by atoms with Gasteiger partial charge in [0.25, 0.3) is 0 Å². The summed E-state index contributed by atoms with van der Waals surface area (Å²) in [6, 6.07) is 4.30. The van der Waals surface area contributed by atoms with Crippen LogP contribution in [0.4, 0.5) is 0 Å². The molecule has 0 saturated carbocycles. The van der Waals surface area contributed by atoms with Crippen LogP contribution in [0.5, 0.6) is 0 Å². The molecule has 0 bridgehead atoms. The van der Waals surface area contributed by atoms with E-state index in [9.17, 15) is 0 Å². The highest BCUT2D eigenvalue weighted by molar-refractivity contribution is 6.07. The third-order valence-corrected chi connectivity index (χ3v) is 3.46. The lowest BCUT2D eigenvalue weighted by molar-refractivity contribution is 0.587. The molecule has 19 heavy (non-hydrogen) atoms. The zero-order valence-electron chi connectivity index (χ0n) is 12.9. The summed E-state index contributed by atoms with van der Waals surface area (Å²) in [5.41, 5.74) is 4.99. The van der Waals surface area contributed by atoms with Gasteiger partial charge in [0, 0.05) is 22.9 Å². The molecule has 1 aromatic rings.